The van der Waals surface area contributed by atoms with Crippen LogP contribution in [0.5, 0.6) is 0 Å². The molecule has 1 aromatic carbocycles. The molecule has 0 saturated carbocycles. The number of aromatic amines is 1. The smallest absolute Gasteiger partial charge is 0.432 e. The van der Waals surface area contributed by atoms with Crippen molar-refractivity contribution in [2.75, 3.05) is 7.11 Å². The highest BCUT2D eigenvalue weighted by atomic mass is 19.4. The zero-order valence-electron chi connectivity index (χ0n) is 10.7. The number of esters is 1. The molecule has 0 radical (unpaired) electrons. The molecule has 0 unspecified atom stereocenters. The van der Waals surface area contributed by atoms with Gasteiger partial charge in [0.05, 0.1) is 7.11 Å². The first-order valence-electron chi connectivity index (χ1n) is 5.68. The van der Waals surface area contributed by atoms with Gasteiger partial charge in [0.25, 0.3) is 5.60 Å². The summed E-state index contributed by atoms with van der Waals surface area (Å²) in [6.07, 6.45) is -4.22. The van der Waals surface area contributed by atoms with E-state index in [1.807, 2.05) is 0 Å². The molecule has 0 bridgehead atoms. The Kier molecular flexibility index (Phi) is 3.25. The third-order valence-corrected chi connectivity index (χ3v) is 3.20. The molecule has 0 aliphatic heterocycles. The fraction of sp³-hybridized carbons (Fsp3) is 0.308. The van der Waals surface area contributed by atoms with E-state index in [4.69, 9.17) is 0 Å². The average Bonchev–Trinajstić information content (AvgIpc) is 2.81. The predicted octanol–water partition coefficient (Wildman–Crippen LogP) is 2.40. The van der Waals surface area contributed by atoms with E-state index in [1.165, 1.54) is 6.07 Å². The number of nitrogens with one attached hydrogen (secondary N) is 1. The van der Waals surface area contributed by atoms with E-state index in [1.54, 1.807) is 19.1 Å². The molecule has 0 aliphatic carbocycles. The number of hydrogen-bond donors (Lipinski definition) is 2. The molecule has 0 aliphatic rings. The number of para-hydroxylation sites is 1. The van der Waals surface area contributed by atoms with Gasteiger partial charge in [-0.2, -0.15) is 13.2 Å². The maximum absolute atomic E-state index is 13.2. The van der Waals surface area contributed by atoms with E-state index in [0.29, 0.717) is 11.1 Å². The molecule has 20 heavy (non-hydrogen) atoms. The lowest BCUT2D eigenvalue weighted by molar-refractivity contribution is -0.266. The highest BCUT2D eigenvalue weighted by molar-refractivity contribution is 5.93. The maximum atomic E-state index is 13.2. The highest BCUT2D eigenvalue weighted by Crippen LogP contribution is 2.43. The molecule has 1 heterocycles. The van der Waals surface area contributed by atoms with Crippen molar-refractivity contribution in [3.63, 3.8) is 0 Å². The van der Waals surface area contributed by atoms with Crippen LogP contribution in [0.15, 0.2) is 24.4 Å². The monoisotopic (exact) mass is 287 g/mol. The van der Waals surface area contributed by atoms with Gasteiger partial charge in [-0.05, 0) is 12.5 Å². The van der Waals surface area contributed by atoms with Gasteiger partial charge in [-0.25, -0.2) is 4.79 Å². The van der Waals surface area contributed by atoms with Gasteiger partial charge in [0.15, 0.2) is 0 Å². The van der Waals surface area contributed by atoms with Crippen molar-refractivity contribution in [3.8, 4) is 0 Å². The number of benzene rings is 1. The fourth-order valence-corrected chi connectivity index (χ4v) is 2.13. The van der Waals surface area contributed by atoms with Crippen LogP contribution in [-0.4, -0.2) is 29.3 Å². The molecular formula is C13H12F3NO3. The van der Waals surface area contributed by atoms with Gasteiger partial charge in [0, 0.05) is 22.7 Å². The van der Waals surface area contributed by atoms with E-state index >= 15 is 0 Å². The second kappa shape index (κ2) is 4.52. The minimum Gasteiger partial charge on any atom is -0.466 e. The van der Waals surface area contributed by atoms with Crippen molar-refractivity contribution in [3.05, 3.63) is 35.5 Å². The molecule has 108 valence electrons. The van der Waals surface area contributed by atoms with Crippen LogP contribution in [0.2, 0.25) is 0 Å². The standard InChI is InChI=1S/C13H12F3NO3/c1-7-4-3-5-8-9(6-17-10(7)8)12(19,11(18)20-2)13(14,15)16/h3-6,17,19H,1-2H3/t12-/m0/s1. The van der Waals surface area contributed by atoms with Gasteiger partial charge in [-0.3, -0.25) is 0 Å². The summed E-state index contributed by atoms with van der Waals surface area (Å²) >= 11 is 0. The quantitative estimate of drug-likeness (QED) is 0.834. The normalized spacial score (nSPS) is 15.1. The second-order valence-corrected chi connectivity index (χ2v) is 4.40. The number of alkyl halides is 3. The van der Waals surface area contributed by atoms with Gasteiger partial charge in [0.2, 0.25) is 0 Å². The number of aliphatic hydroxyl groups is 1. The zero-order chi connectivity index (χ0) is 15.1. The summed E-state index contributed by atoms with van der Waals surface area (Å²) in [5.41, 5.74) is -3.15. The first-order chi connectivity index (χ1) is 9.23. The van der Waals surface area contributed by atoms with Crippen molar-refractivity contribution >= 4 is 16.9 Å². The minimum absolute atomic E-state index is 0.121. The van der Waals surface area contributed by atoms with E-state index in [2.05, 4.69) is 9.72 Å². The molecule has 4 nitrogen and oxygen atoms in total. The van der Waals surface area contributed by atoms with Crippen LogP contribution in [0.25, 0.3) is 10.9 Å². The lowest BCUT2D eigenvalue weighted by Crippen LogP contribution is -2.49. The van der Waals surface area contributed by atoms with Gasteiger partial charge >= 0.3 is 12.1 Å². The summed E-state index contributed by atoms with van der Waals surface area (Å²) in [6.45, 7) is 1.70. The number of hydrogen-bond acceptors (Lipinski definition) is 3. The Hall–Kier alpha value is -2.02. The minimum atomic E-state index is -5.20. The van der Waals surface area contributed by atoms with Crippen LogP contribution in [0.4, 0.5) is 13.2 Å². The first kappa shape index (κ1) is 14.4. The van der Waals surface area contributed by atoms with E-state index in [9.17, 15) is 23.1 Å². The number of carbonyl (C=O) groups is 1. The number of aromatic nitrogens is 1. The molecule has 2 aromatic rings. The van der Waals surface area contributed by atoms with Crippen molar-refractivity contribution < 1.29 is 27.8 Å². The van der Waals surface area contributed by atoms with Gasteiger partial charge in [-0.15, -0.1) is 0 Å². The number of halogens is 3. The molecular weight excluding hydrogens is 275 g/mol. The van der Waals surface area contributed by atoms with E-state index in [0.717, 1.165) is 13.3 Å². The number of ether oxygens (including phenoxy) is 1. The van der Waals surface area contributed by atoms with Crippen molar-refractivity contribution in [1.29, 1.82) is 0 Å². The summed E-state index contributed by atoms with van der Waals surface area (Å²) in [5.74, 6) is -1.77. The second-order valence-electron chi connectivity index (χ2n) is 4.40. The number of carbonyl (C=O) groups excluding carboxylic acids is 1. The Labute approximate surface area is 112 Å². The molecule has 0 saturated heterocycles. The number of aryl methyl sites for hydroxylation is 1. The van der Waals surface area contributed by atoms with Gasteiger partial charge in [-0.1, -0.05) is 18.2 Å². The number of rotatable bonds is 2. The third kappa shape index (κ3) is 1.85. The first-order valence-corrected chi connectivity index (χ1v) is 5.68. The summed E-state index contributed by atoms with van der Waals surface area (Å²) in [5, 5.41) is 10.1. The Bertz CT molecular complexity index is 662. The van der Waals surface area contributed by atoms with E-state index < -0.39 is 23.3 Å². The molecule has 1 atom stereocenters. The van der Waals surface area contributed by atoms with Gasteiger partial charge < -0.3 is 14.8 Å². The van der Waals surface area contributed by atoms with E-state index in [-0.39, 0.29) is 5.39 Å². The Morgan fingerprint density at radius 3 is 2.55 bits per heavy atom. The summed E-state index contributed by atoms with van der Waals surface area (Å²) in [7, 11) is 0.791. The fourth-order valence-electron chi connectivity index (χ4n) is 2.13. The molecule has 0 amide bonds. The lowest BCUT2D eigenvalue weighted by atomic mass is 9.92. The van der Waals surface area contributed by atoms with Crippen LogP contribution in [0.1, 0.15) is 11.1 Å². The molecule has 2 N–H and O–H groups in total. The summed E-state index contributed by atoms with van der Waals surface area (Å²) < 4.78 is 43.6. The Morgan fingerprint density at radius 2 is 2.00 bits per heavy atom. The van der Waals surface area contributed by atoms with Crippen LogP contribution in [-0.2, 0) is 15.1 Å². The molecule has 7 heteroatoms. The van der Waals surface area contributed by atoms with Crippen LogP contribution in [0.3, 0.4) is 0 Å². The Morgan fingerprint density at radius 1 is 1.35 bits per heavy atom. The van der Waals surface area contributed by atoms with Crippen LogP contribution >= 0.6 is 0 Å². The summed E-state index contributed by atoms with van der Waals surface area (Å²) in [6, 6.07) is 4.64. The number of fused-ring (bicyclic) bond motifs is 1. The van der Waals surface area contributed by atoms with Crippen LogP contribution in [0, 0.1) is 6.92 Å². The topological polar surface area (TPSA) is 62.3 Å². The number of methoxy groups -OCH3 is 1. The average molecular weight is 287 g/mol. The Balaban J connectivity index is 2.77. The van der Waals surface area contributed by atoms with Crippen molar-refractivity contribution in [2.24, 2.45) is 0 Å². The van der Waals surface area contributed by atoms with Crippen LogP contribution < -0.4 is 0 Å². The lowest BCUT2D eigenvalue weighted by Gasteiger charge is -2.27. The predicted molar refractivity (Wildman–Crippen MR) is 65.0 cm³/mol. The third-order valence-electron chi connectivity index (χ3n) is 3.20. The molecule has 0 fully saturated rings. The highest BCUT2D eigenvalue weighted by Gasteiger charge is 2.62. The molecule has 2 rings (SSSR count). The zero-order valence-corrected chi connectivity index (χ0v) is 10.7. The largest absolute Gasteiger partial charge is 0.466 e. The van der Waals surface area contributed by atoms with Crippen molar-refractivity contribution in [2.45, 2.75) is 18.7 Å². The number of H-pyrrole nitrogens is 1. The molecule has 1 aromatic heterocycles. The summed E-state index contributed by atoms with van der Waals surface area (Å²) in [4.78, 5) is 14.1. The molecule has 0 spiro atoms. The maximum Gasteiger partial charge on any atom is 0.432 e. The SMILES string of the molecule is COC(=O)[C@@](O)(c1c[nH]c2c(C)cccc12)C(F)(F)F. The van der Waals surface area contributed by atoms with Crippen molar-refractivity contribution in [1.82, 2.24) is 4.98 Å². The van der Waals surface area contributed by atoms with Gasteiger partial charge in [0.1, 0.15) is 0 Å².